The van der Waals surface area contributed by atoms with Gasteiger partial charge in [-0.05, 0) is 45.5 Å². The van der Waals surface area contributed by atoms with Crippen LogP contribution in [0.15, 0.2) is 24.3 Å². The van der Waals surface area contributed by atoms with Gasteiger partial charge in [-0.15, -0.1) is 0 Å². The van der Waals surface area contributed by atoms with Gasteiger partial charge in [-0.1, -0.05) is 43.2 Å². The van der Waals surface area contributed by atoms with Crippen LogP contribution in [0.4, 0.5) is 0 Å². The maximum Gasteiger partial charge on any atom is 0.00189 e. The minimum absolute atomic E-state index is 0.762. The second-order valence-corrected chi connectivity index (χ2v) is 5.33. The largest absolute Gasteiger partial charge is 0.319 e. The van der Waals surface area contributed by atoms with Crippen LogP contribution in [-0.2, 0) is 6.42 Å². The first-order valence-corrected chi connectivity index (χ1v) is 7.04. The molecule has 0 aliphatic carbocycles. The predicted molar refractivity (Wildman–Crippen MR) is 80.1 cm³/mol. The van der Waals surface area contributed by atoms with E-state index in [2.05, 4.69) is 55.4 Å². The molecule has 0 saturated carbocycles. The van der Waals surface area contributed by atoms with Gasteiger partial charge < -0.3 is 10.2 Å². The van der Waals surface area contributed by atoms with Crippen LogP contribution < -0.4 is 5.32 Å². The molecule has 18 heavy (non-hydrogen) atoms. The molecule has 1 rings (SSSR count). The van der Waals surface area contributed by atoms with Gasteiger partial charge in [-0.2, -0.15) is 0 Å². The number of hydrogen-bond acceptors (Lipinski definition) is 2. The lowest BCUT2D eigenvalue weighted by molar-refractivity contribution is 0.271. The molecule has 2 nitrogen and oxygen atoms in total. The molecule has 1 N–H and O–H groups in total. The normalized spacial score (nSPS) is 12.9. The lowest BCUT2D eigenvalue weighted by atomic mass is 10.1. The van der Waals surface area contributed by atoms with Gasteiger partial charge in [0, 0.05) is 13.1 Å². The lowest BCUT2D eigenvalue weighted by Gasteiger charge is -2.23. The summed E-state index contributed by atoms with van der Waals surface area (Å²) in [5, 5.41) is 3.28. The monoisotopic (exact) mass is 248 g/mol. The van der Waals surface area contributed by atoms with Crippen molar-refractivity contribution in [2.24, 2.45) is 5.92 Å². The molecule has 0 radical (unpaired) electrons. The molecule has 0 fully saturated rings. The lowest BCUT2D eigenvalue weighted by Crippen LogP contribution is -2.32. The second-order valence-electron chi connectivity index (χ2n) is 5.33. The van der Waals surface area contributed by atoms with Gasteiger partial charge in [0.05, 0.1) is 0 Å². The van der Waals surface area contributed by atoms with Crippen molar-refractivity contribution in [1.82, 2.24) is 10.2 Å². The summed E-state index contributed by atoms with van der Waals surface area (Å²) >= 11 is 0. The van der Waals surface area contributed by atoms with Gasteiger partial charge >= 0.3 is 0 Å². The number of benzene rings is 1. The summed E-state index contributed by atoms with van der Waals surface area (Å²) in [7, 11) is 4.27. The summed E-state index contributed by atoms with van der Waals surface area (Å²) in [4.78, 5) is 2.45. The van der Waals surface area contributed by atoms with Gasteiger partial charge in [0.15, 0.2) is 0 Å². The van der Waals surface area contributed by atoms with E-state index in [9.17, 15) is 0 Å². The van der Waals surface area contributed by atoms with E-state index in [1.165, 1.54) is 24.1 Å². The molecule has 1 atom stereocenters. The minimum Gasteiger partial charge on any atom is -0.319 e. The molecule has 0 aromatic heterocycles. The fourth-order valence-electron chi connectivity index (χ4n) is 2.35. The smallest absolute Gasteiger partial charge is 0.00189 e. The van der Waals surface area contributed by atoms with E-state index < -0.39 is 0 Å². The molecule has 0 saturated heterocycles. The van der Waals surface area contributed by atoms with Gasteiger partial charge in [0.25, 0.3) is 0 Å². The maximum atomic E-state index is 3.28. The molecule has 0 amide bonds. The van der Waals surface area contributed by atoms with E-state index in [4.69, 9.17) is 0 Å². The van der Waals surface area contributed by atoms with Crippen molar-refractivity contribution in [2.75, 3.05) is 33.7 Å². The highest BCUT2D eigenvalue weighted by Gasteiger charge is 2.08. The Bertz CT molecular complexity index is 336. The molecular weight excluding hydrogens is 220 g/mol. The third-order valence-electron chi connectivity index (χ3n) is 3.50. The number of likely N-dealkylation sites (N-methyl/N-ethyl adjacent to an activating group) is 1. The standard InChI is InChI=1S/C16H28N2/c1-5-15(12-17-3)13-18(4)10-9-16-8-6-7-14(2)11-16/h6-8,11,15,17H,5,9-10,12-13H2,1-4H3. The summed E-state index contributed by atoms with van der Waals surface area (Å²) in [6.07, 6.45) is 2.39. The molecule has 102 valence electrons. The van der Waals surface area contributed by atoms with E-state index in [0.29, 0.717) is 0 Å². The number of hydrogen-bond donors (Lipinski definition) is 1. The first-order chi connectivity index (χ1) is 8.65. The van der Waals surface area contributed by atoms with Gasteiger partial charge in [-0.3, -0.25) is 0 Å². The summed E-state index contributed by atoms with van der Waals surface area (Å²) in [5.41, 5.74) is 2.81. The van der Waals surface area contributed by atoms with Crippen molar-refractivity contribution < 1.29 is 0 Å². The summed E-state index contributed by atoms with van der Waals surface area (Å²) in [5.74, 6) is 0.762. The Morgan fingerprint density at radius 2 is 2.11 bits per heavy atom. The molecule has 2 heteroatoms. The summed E-state index contributed by atoms with van der Waals surface area (Å²) < 4.78 is 0. The van der Waals surface area contributed by atoms with Gasteiger partial charge in [0.2, 0.25) is 0 Å². The third kappa shape index (κ3) is 5.65. The fourth-order valence-corrected chi connectivity index (χ4v) is 2.35. The average molecular weight is 248 g/mol. The Balaban J connectivity index is 2.34. The molecule has 1 aromatic carbocycles. The van der Waals surface area contributed by atoms with Crippen LogP contribution in [-0.4, -0.2) is 38.6 Å². The molecule has 1 unspecified atom stereocenters. The zero-order valence-electron chi connectivity index (χ0n) is 12.4. The first kappa shape index (κ1) is 15.2. The summed E-state index contributed by atoms with van der Waals surface area (Å²) in [6.45, 7) is 7.88. The van der Waals surface area contributed by atoms with Crippen LogP contribution in [0, 0.1) is 12.8 Å². The Morgan fingerprint density at radius 3 is 2.72 bits per heavy atom. The third-order valence-corrected chi connectivity index (χ3v) is 3.50. The van der Waals surface area contributed by atoms with Crippen molar-refractivity contribution in [3.8, 4) is 0 Å². The molecule has 0 bridgehead atoms. The van der Waals surface area contributed by atoms with Gasteiger partial charge in [0.1, 0.15) is 0 Å². The molecule has 0 spiro atoms. The maximum absolute atomic E-state index is 3.28. The topological polar surface area (TPSA) is 15.3 Å². The van der Waals surface area contributed by atoms with E-state index in [0.717, 1.165) is 25.4 Å². The molecule has 0 heterocycles. The highest BCUT2D eigenvalue weighted by molar-refractivity contribution is 5.22. The van der Waals surface area contributed by atoms with E-state index in [-0.39, 0.29) is 0 Å². The van der Waals surface area contributed by atoms with Crippen LogP contribution in [0.3, 0.4) is 0 Å². The molecular formula is C16H28N2. The highest BCUT2D eigenvalue weighted by atomic mass is 15.1. The number of rotatable bonds is 8. The van der Waals surface area contributed by atoms with Crippen molar-refractivity contribution in [2.45, 2.75) is 26.7 Å². The Morgan fingerprint density at radius 1 is 1.33 bits per heavy atom. The van der Waals surface area contributed by atoms with Crippen molar-refractivity contribution in [3.05, 3.63) is 35.4 Å². The number of aryl methyl sites for hydroxylation is 1. The van der Waals surface area contributed by atoms with Crippen LogP contribution in [0.5, 0.6) is 0 Å². The Labute approximate surface area is 112 Å². The zero-order chi connectivity index (χ0) is 13.4. The average Bonchev–Trinajstić information content (AvgIpc) is 2.36. The number of nitrogens with zero attached hydrogens (tertiary/aromatic N) is 1. The van der Waals surface area contributed by atoms with Crippen LogP contribution in [0.2, 0.25) is 0 Å². The number of nitrogens with one attached hydrogen (secondary N) is 1. The van der Waals surface area contributed by atoms with Crippen LogP contribution in [0.25, 0.3) is 0 Å². The molecule has 0 aliphatic rings. The quantitative estimate of drug-likeness (QED) is 0.761. The van der Waals surface area contributed by atoms with Crippen molar-refractivity contribution >= 4 is 0 Å². The highest BCUT2D eigenvalue weighted by Crippen LogP contribution is 2.07. The SMILES string of the molecule is CCC(CNC)CN(C)CCc1cccc(C)c1. The van der Waals surface area contributed by atoms with Gasteiger partial charge in [-0.25, -0.2) is 0 Å². The minimum atomic E-state index is 0.762. The first-order valence-electron chi connectivity index (χ1n) is 7.04. The van der Waals surface area contributed by atoms with E-state index in [1.54, 1.807) is 0 Å². The van der Waals surface area contributed by atoms with Crippen LogP contribution >= 0.6 is 0 Å². The van der Waals surface area contributed by atoms with Crippen molar-refractivity contribution in [3.63, 3.8) is 0 Å². The Kier molecular flexibility index (Phi) is 6.99. The Hall–Kier alpha value is -0.860. The second kappa shape index (κ2) is 8.28. The molecule has 1 aromatic rings. The predicted octanol–water partition coefficient (Wildman–Crippen LogP) is 2.71. The summed E-state index contributed by atoms with van der Waals surface area (Å²) in [6, 6.07) is 8.83. The zero-order valence-corrected chi connectivity index (χ0v) is 12.4. The van der Waals surface area contributed by atoms with E-state index >= 15 is 0 Å². The van der Waals surface area contributed by atoms with E-state index in [1.807, 2.05) is 7.05 Å². The van der Waals surface area contributed by atoms with Crippen LogP contribution in [0.1, 0.15) is 24.5 Å². The van der Waals surface area contributed by atoms with Crippen molar-refractivity contribution in [1.29, 1.82) is 0 Å². The molecule has 0 aliphatic heterocycles. The fraction of sp³-hybridized carbons (Fsp3) is 0.625.